The third-order valence-electron chi connectivity index (χ3n) is 4.57. The van der Waals surface area contributed by atoms with Crippen molar-refractivity contribution in [2.75, 3.05) is 0 Å². The van der Waals surface area contributed by atoms with Crippen molar-refractivity contribution in [1.29, 1.82) is 0 Å². The Morgan fingerprint density at radius 1 is 0.688 bits per heavy atom. The number of hydrogen-bond acceptors (Lipinski definition) is 3. The number of halogens is 3. The standard InChI is InChI=1S/C25H15I3O3S/c26-21-14-15-22(27)24(28)23(21)25(30)31-17-8-12-20(13-9-17)32(18-4-2-1-3-5-18)19-10-6-16(29)7-11-19/h1-15H/p+1. The fourth-order valence-corrected chi connectivity index (χ4v) is 7.45. The monoisotopic (exact) mass is 777 g/mol. The molecule has 0 aliphatic heterocycles. The number of benzene rings is 4. The zero-order valence-electron chi connectivity index (χ0n) is 16.5. The van der Waals surface area contributed by atoms with Gasteiger partial charge in [-0.25, -0.2) is 4.79 Å². The first-order valence-electron chi connectivity index (χ1n) is 9.48. The number of carbonyl (C=O) groups excluding carboxylic acids is 1. The maximum atomic E-state index is 12.8. The number of ether oxygens (including phenoxy) is 1. The first kappa shape index (κ1) is 23.8. The highest BCUT2D eigenvalue weighted by molar-refractivity contribution is 14.1. The van der Waals surface area contributed by atoms with Gasteiger partial charge in [-0.15, -0.1) is 0 Å². The number of esters is 1. The van der Waals surface area contributed by atoms with E-state index in [-0.39, 0.29) is 22.6 Å². The van der Waals surface area contributed by atoms with Crippen molar-refractivity contribution in [3.63, 3.8) is 0 Å². The summed E-state index contributed by atoms with van der Waals surface area (Å²) in [5.74, 6) is 0.393. The number of phenolic OH excluding ortho intramolecular Hbond substituents is 1. The lowest BCUT2D eigenvalue weighted by atomic mass is 10.2. The van der Waals surface area contributed by atoms with E-state index in [1.807, 2.05) is 66.7 Å². The molecule has 1 atom stereocenters. The molecule has 0 spiro atoms. The maximum absolute atomic E-state index is 12.8. The van der Waals surface area contributed by atoms with Crippen LogP contribution in [0.1, 0.15) is 10.4 Å². The van der Waals surface area contributed by atoms with Crippen LogP contribution in [0, 0.1) is 10.7 Å². The van der Waals surface area contributed by atoms with E-state index < -0.39 is 0 Å². The molecule has 32 heavy (non-hydrogen) atoms. The Morgan fingerprint density at radius 2 is 1.22 bits per heavy atom. The van der Waals surface area contributed by atoms with E-state index in [1.54, 1.807) is 12.1 Å². The molecule has 0 fully saturated rings. The number of phenols is 1. The molecule has 4 rings (SSSR count). The van der Waals surface area contributed by atoms with Gasteiger partial charge in [-0.3, -0.25) is 0 Å². The number of hydrogen-bond donors (Lipinski definition) is 1. The van der Waals surface area contributed by atoms with Crippen molar-refractivity contribution < 1.29 is 14.6 Å². The Kier molecular flexibility index (Phi) is 8.00. The van der Waals surface area contributed by atoms with E-state index in [4.69, 9.17) is 4.74 Å². The fourth-order valence-electron chi connectivity index (χ4n) is 3.06. The van der Waals surface area contributed by atoms with Crippen LogP contribution in [0.4, 0.5) is 0 Å². The Labute approximate surface area is 230 Å². The van der Waals surface area contributed by atoms with Crippen LogP contribution in [0.5, 0.6) is 11.5 Å². The molecular formula is C25H16I3O3S+. The molecule has 3 nitrogen and oxygen atoms in total. The fraction of sp³-hybridized carbons (Fsp3) is 0. The van der Waals surface area contributed by atoms with Crippen LogP contribution in [0.3, 0.4) is 0 Å². The predicted molar refractivity (Wildman–Crippen MR) is 153 cm³/mol. The summed E-state index contributed by atoms with van der Waals surface area (Å²) in [7, 11) is -0.345. The van der Waals surface area contributed by atoms with E-state index in [2.05, 4.69) is 79.9 Å². The number of rotatable bonds is 5. The van der Waals surface area contributed by atoms with Crippen molar-refractivity contribution in [3.05, 3.63) is 107 Å². The average Bonchev–Trinajstić information content (AvgIpc) is 2.80. The SMILES string of the molecule is O=C(Oc1ccc([S+](c2ccccc2)c2ccc(O)cc2)cc1)c1c(I)ccc(I)c1I. The lowest BCUT2D eigenvalue weighted by Gasteiger charge is -2.11. The van der Waals surface area contributed by atoms with Gasteiger partial charge in [0.15, 0.2) is 14.7 Å². The highest BCUT2D eigenvalue weighted by atomic mass is 127. The summed E-state index contributed by atoms with van der Waals surface area (Å²) in [4.78, 5) is 16.2. The molecule has 1 unspecified atom stereocenters. The maximum Gasteiger partial charge on any atom is 0.345 e. The molecule has 0 saturated heterocycles. The van der Waals surface area contributed by atoms with Crippen LogP contribution < -0.4 is 4.74 Å². The number of aromatic hydroxyl groups is 1. The quantitative estimate of drug-likeness (QED) is 0.0751. The van der Waals surface area contributed by atoms with Gasteiger partial charge < -0.3 is 9.84 Å². The first-order chi connectivity index (χ1) is 15.4. The van der Waals surface area contributed by atoms with Gasteiger partial charge in [-0.2, -0.15) is 0 Å². The normalized spacial score (nSPS) is 11.7. The zero-order valence-corrected chi connectivity index (χ0v) is 23.8. The second-order valence-electron chi connectivity index (χ2n) is 6.69. The van der Waals surface area contributed by atoms with E-state index in [9.17, 15) is 9.90 Å². The summed E-state index contributed by atoms with van der Waals surface area (Å²) < 4.78 is 8.48. The third kappa shape index (κ3) is 5.42. The Bertz CT molecular complexity index is 1240. The molecule has 4 aromatic carbocycles. The molecule has 7 heteroatoms. The van der Waals surface area contributed by atoms with Gasteiger partial charge in [0.05, 0.1) is 16.5 Å². The third-order valence-corrected chi connectivity index (χ3v) is 10.8. The zero-order chi connectivity index (χ0) is 22.7. The molecule has 0 heterocycles. The molecule has 160 valence electrons. The van der Waals surface area contributed by atoms with Crippen LogP contribution in [0.2, 0.25) is 0 Å². The smallest absolute Gasteiger partial charge is 0.345 e. The second-order valence-corrected chi connectivity index (χ2v) is 12.1. The van der Waals surface area contributed by atoms with Crippen LogP contribution in [0.25, 0.3) is 0 Å². The minimum Gasteiger partial charge on any atom is -0.508 e. The predicted octanol–water partition coefficient (Wildman–Crippen LogP) is 7.52. The van der Waals surface area contributed by atoms with Crippen molar-refractivity contribution in [3.8, 4) is 11.5 Å². The summed E-state index contributed by atoms with van der Waals surface area (Å²) in [6.45, 7) is 0. The van der Waals surface area contributed by atoms with Gasteiger partial charge in [0.2, 0.25) is 0 Å². The highest BCUT2D eigenvalue weighted by Crippen LogP contribution is 2.33. The van der Waals surface area contributed by atoms with Crippen LogP contribution in [0.15, 0.2) is 106 Å². The van der Waals surface area contributed by atoms with Gasteiger partial charge in [-0.05, 0) is 141 Å². The molecule has 0 aliphatic carbocycles. The van der Waals surface area contributed by atoms with Crippen LogP contribution >= 0.6 is 67.8 Å². The van der Waals surface area contributed by atoms with Gasteiger partial charge >= 0.3 is 5.97 Å². The van der Waals surface area contributed by atoms with E-state index in [1.165, 1.54) is 4.90 Å². The summed E-state index contributed by atoms with van der Waals surface area (Å²) in [5.41, 5.74) is 0.593. The van der Waals surface area contributed by atoms with Crippen molar-refractivity contribution >= 4 is 84.6 Å². The van der Waals surface area contributed by atoms with Crippen molar-refractivity contribution in [1.82, 2.24) is 0 Å². The van der Waals surface area contributed by atoms with E-state index >= 15 is 0 Å². The summed E-state index contributed by atoms with van der Waals surface area (Å²) in [5, 5.41) is 9.70. The average molecular weight is 777 g/mol. The Balaban J connectivity index is 1.63. The summed E-state index contributed by atoms with van der Waals surface area (Å²) in [6.07, 6.45) is 0. The summed E-state index contributed by atoms with van der Waals surface area (Å²) in [6, 6.07) is 29.1. The second kappa shape index (κ2) is 10.7. The molecule has 0 saturated carbocycles. The lowest BCUT2D eigenvalue weighted by Crippen LogP contribution is -2.13. The Morgan fingerprint density at radius 3 is 1.84 bits per heavy atom. The summed E-state index contributed by atoms with van der Waals surface area (Å²) >= 11 is 6.57. The highest BCUT2D eigenvalue weighted by Gasteiger charge is 2.28. The molecule has 1 N–H and O–H groups in total. The minimum absolute atomic E-state index is 0.243. The molecule has 0 bridgehead atoms. The van der Waals surface area contributed by atoms with Gasteiger partial charge in [-0.1, -0.05) is 18.2 Å². The number of carbonyl (C=O) groups is 1. The van der Waals surface area contributed by atoms with Crippen molar-refractivity contribution in [2.45, 2.75) is 14.7 Å². The van der Waals surface area contributed by atoms with Crippen molar-refractivity contribution in [2.24, 2.45) is 0 Å². The van der Waals surface area contributed by atoms with E-state index in [0.29, 0.717) is 11.3 Å². The molecule has 0 amide bonds. The topological polar surface area (TPSA) is 46.5 Å². The molecule has 0 radical (unpaired) electrons. The molecule has 0 aromatic heterocycles. The van der Waals surface area contributed by atoms with Gasteiger partial charge in [0.1, 0.15) is 11.5 Å². The Hall–Kier alpha value is -1.31. The molecular weight excluding hydrogens is 761 g/mol. The van der Waals surface area contributed by atoms with E-state index in [0.717, 1.165) is 20.5 Å². The molecule has 0 aliphatic rings. The van der Waals surface area contributed by atoms with Gasteiger partial charge in [0.25, 0.3) is 0 Å². The van der Waals surface area contributed by atoms with Gasteiger partial charge in [0, 0.05) is 10.7 Å². The minimum atomic E-state index is -0.356. The van der Waals surface area contributed by atoms with Crippen LogP contribution in [-0.2, 0) is 10.9 Å². The largest absolute Gasteiger partial charge is 0.508 e. The lowest BCUT2D eigenvalue weighted by molar-refractivity contribution is 0.0732. The first-order valence-corrected chi connectivity index (χ1v) is 13.9. The van der Waals surface area contributed by atoms with Crippen LogP contribution in [-0.4, -0.2) is 11.1 Å². The molecule has 4 aromatic rings.